The molecule has 0 aliphatic carbocycles. The number of aromatic hydroxyl groups is 2. The molecule has 0 aliphatic rings. The third kappa shape index (κ3) is 6.51. The number of carbonyl (C=O) groups is 2. The van der Waals surface area contributed by atoms with E-state index < -0.39 is 46.7 Å². The van der Waals surface area contributed by atoms with Crippen molar-refractivity contribution in [2.24, 2.45) is 0 Å². The average molecular weight is 426 g/mol. The molecule has 10 heteroatoms. The SMILES string of the molecule is O=C(O)c1ccccc1.O=C(O)c1ccccc1.Oc1c(F)c(F)c(O)c(F)c1F. The van der Waals surface area contributed by atoms with E-state index in [1.54, 1.807) is 60.7 Å². The lowest BCUT2D eigenvalue weighted by Gasteiger charge is -2.02. The molecule has 4 N–H and O–H groups in total. The number of carboxylic acid groups (broad SMARTS) is 2. The second kappa shape index (κ2) is 11.1. The van der Waals surface area contributed by atoms with E-state index in [0.717, 1.165) is 0 Å². The molecule has 0 unspecified atom stereocenters. The van der Waals surface area contributed by atoms with Crippen LogP contribution in [-0.4, -0.2) is 32.4 Å². The van der Waals surface area contributed by atoms with Crippen LogP contribution in [0.15, 0.2) is 60.7 Å². The van der Waals surface area contributed by atoms with Crippen LogP contribution in [0.4, 0.5) is 17.6 Å². The van der Waals surface area contributed by atoms with Crippen molar-refractivity contribution in [3.63, 3.8) is 0 Å². The molecule has 0 bridgehead atoms. The number of carboxylic acids is 2. The maximum atomic E-state index is 12.2. The molecular formula is C20H14F4O6. The van der Waals surface area contributed by atoms with Crippen molar-refractivity contribution in [1.29, 1.82) is 0 Å². The van der Waals surface area contributed by atoms with Gasteiger partial charge in [-0.2, -0.15) is 17.6 Å². The standard InChI is InChI=1S/2C7H6O2.C6H2F4O2/c2*8-7(9)6-4-2-1-3-5-6;7-1-2(8)6(12)4(10)3(9)5(1)11/h2*1-5H,(H,8,9);11-12H. The monoisotopic (exact) mass is 426 g/mol. The van der Waals surface area contributed by atoms with Gasteiger partial charge >= 0.3 is 11.9 Å². The van der Waals surface area contributed by atoms with Crippen molar-refractivity contribution in [2.45, 2.75) is 0 Å². The quantitative estimate of drug-likeness (QED) is 0.274. The van der Waals surface area contributed by atoms with E-state index in [9.17, 15) is 27.2 Å². The highest BCUT2D eigenvalue weighted by atomic mass is 19.2. The molecule has 0 atom stereocenters. The number of aromatic carboxylic acids is 2. The van der Waals surface area contributed by atoms with Crippen LogP contribution in [0.1, 0.15) is 20.7 Å². The predicted molar refractivity (Wildman–Crippen MR) is 96.4 cm³/mol. The van der Waals surface area contributed by atoms with E-state index in [-0.39, 0.29) is 0 Å². The average Bonchev–Trinajstić information content (AvgIpc) is 2.77. The Hall–Kier alpha value is -4.08. The van der Waals surface area contributed by atoms with Crippen molar-refractivity contribution < 1.29 is 47.6 Å². The van der Waals surface area contributed by atoms with Gasteiger partial charge in [-0.1, -0.05) is 36.4 Å². The van der Waals surface area contributed by atoms with Crippen LogP contribution < -0.4 is 0 Å². The molecule has 3 aromatic rings. The Morgan fingerprint density at radius 1 is 0.533 bits per heavy atom. The smallest absolute Gasteiger partial charge is 0.335 e. The number of hydrogen-bond donors (Lipinski definition) is 4. The molecule has 0 fully saturated rings. The van der Waals surface area contributed by atoms with E-state index in [1.165, 1.54) is 0 Å². The normalized spacial score (nSPS) is 9.47. The number of phenols is 2. The number of hydrogen-bond acceptors (Lipinski definition) is 4. The van der Waals surface area contributed by atoms with Gasteiger partial charge < -0.3 is 20.4 Å². The third-order valence-corrected chi connectivity index (χ3v) is 3.26. The number of phenolic OH excluding ortho intramolecular Hbond substituents is 2. The first kappa shape index (κ1) is 24.0. The Kier molecular flexibility index (Phi) is 8.83. The van der Waals surface area contributed by atoms with Gasteiger partial charge in [0, 0.05) is 0 Å². The Morgan fingerprint density at radius 3 is 0.933 bits per heavy atom. The molecule has 0 aliphatic heterocycles. The molecule has 158 valence electrons. The van der Waals surface area contributed by atoms with Crippen LogP contribution in [0.3, 0.4) is 0 Å². The Balaban J connectivity index is 0.000000229. The first-order valence-electron chi connectivity index (χ1n) is 7.88. The summed E-state index contributed by atoms with van der Waals surface area (Å²) >= 11 is 0. The lowest BCUT2D eigenvalue weighted by atomic mass is 10.2. The lowest BCUT2D eigenvalue weighted by molar-refractivity contribution is 0.0686. The summed E-state index contributed by atoms with van der Waals surface area (Å²) in [5.74, 6) is -13.4. The van der Waals surface area contributed by atoms with Gasteiger partial charge in [0.1, 0.15) is 0 Å². The fourth-order valence-corrected chi connectivity index (χ4v) is 1.77. The molecule has 0 heterocycles. The zero-order chi connectivity index (χ0) is 22.8. The molecular weight excluding hydrogens is 412 g/mol. The van der Waals surface area contributed by atoms with Crippen molar-refractivity contribution in [3.05, 3.63) is 95.1 Å². The highest BCUT2D eigenvalue weighted by molar-refractivity contribution is 5.87. The summed E-state index contributed by atoms with van der Waals surface area (Å²) < 4.78 is 49.0. The van der Waals surface area contributed by atoms with Gasteiger partial charge in [-0.25, -0.2) is 9.59 Å². The minimum Gasteiger partial charge on any atom is -0.503 e. The molecule has 3 aromatic carbocycles. The molecule has 3 rings (SSSR count). The van der Waals surface area contributed by atoms with Gasteiger partial charge in [-0.15, -0.1) is 0 Å². The summed E-state index contributed by atoms with van der Waals surface area (Å²) in [5, 5.41) is 33.5. The van der Waals surface area contributed by atoms with Gasteiger partial charge in [0.15, 0.2) is 11.5 Å². The molecule has 30 heavy (non-hydrogen) atoms. The van der Waals surface area contributed by atoms with E-state index in [2.05, 4.69) is 0 Å². The van der Waals surface area contributed by atoms with Gasteiger partial charge in [0.2, 0.25) is 23.3 Å². The van der Waals surface area contributed by atoms with Crippen molar-refractivity contribution in [2.75, 3.05) is 0 Å². The van der Waals surface area contributed by atoms with E-state index >= 15 is 0 Å². The summed E-state index contributed by atoms with van der Waals surface area (Å²) in [6, 6.07) is 16.6. The zero-order valence-corrected chi connectivity index (χ0v) is 14.9. The second-order valence-electron chi connectivity index (χ2n) is 5.30. The third-order valence-electron chi connectivity index (χ3n) is 3.26. The second-order valence-corrected chi connectivity index (χ2v) is 5.30. The minimum atomic E-state index is -2.02. The number of rotatable bonds is 2. The lowest BCUT2D eigenvalue weighted by Crippen LogP contribution is -1.94. The largest absolute Gasteiger partial charge is 0.503 e. The highest BCUT2D eigenvalue weighted by Gasteiger charge is 2.24. The van der Waals surface area contributed by atoms with Crippen molar-refractivity contribution in [1.82, 2.24) is 0 Å². The van der Waals surface area contributed by atoms with Gasteiger partial charge in [0.25, 0.3) is 0 Å². The minimum absolute atomic E-state index is 0.331. The van der Waals surface area contributed by atoms with Crippen molar-refractivity contribution >= 4 is 11.9 Å². The molecule has 0 radical (unpaired) electrons. The summed E-state index contributed by atoms with van der Waals surface area (Å²) in [6.07, 6.45) is 0. The Labute approximate surface area is 166 Å². The molecule has 6 nitrogen and oxygen atoms in total. The van der Waals surface area contributed by atoms with Crippen molar-refractivity contribution in [3.8, 4) is 11.5 Å². The van der Waals surface area contributed by atoms with Crippen LogP contribution in [0.5, 0.6) is 11.5 Å². The maximum absolute atomic E-state index is 12.2. The van der Waals surface area contributed by atoms with E-state index in [0.29, 0.717) is 11.1 Å². The summed E-state index contributed by atoms with van der Waals surface area (Å²) in [4.78, 5) is 20.4. The van der Waals surface area contributed by atoms with Crippen LogP contribution >= 0.6 is 0 Å². The highest BCUT2D eigenvalue weighted by Crippen LogP contribution is 2.32. The first-order valence-corrected chi connectivity index (χ1v) is 7.88. The molecule has 0 saturated carbocycles. The van der Waals surface area contributed by atoms with Crippen LogP contribution in [0, 0.1) is 23.3 Å². The summed E-state index contributed by atoms with van der Waals surface area (Å²) in [5.41, 5.74) is 0.662. The van der Waals surface area contributed by atoms with Crippen LogP contribution in [0.2, 0.25) is 0 Å². The molecule has 0 spiro atoms. The van der Waals surface area contributed by atoms with Gasteiger partial charge in [-0.05, 0) is 24.3 Å². The summed E-state index contributed by atoms with van der Waals surface area (Å²) in [7, 11) is 0. The van der Waals surface area contributed by atoms with E-state index in [4.69, 9.17) is 20.4 Å². The molecule has 0 saturated heterocycles. The summed E-state index contributed by atoms with van der Waals surface area (Å²) in [6.45, 7) is 0. The van der Waals surface area contributed by atoms with Crippen LogP contribution in [-0.2, 0) is 0 Å². The Bertz CT molecular complexity index is 856. The molecule has 0 amide bonds. The number of halogens is 4. The fourth-order valence-electron chi connectivity index (χ4n) is 1.77. The zero-order valence-electron chi connectivity index (χ0n) is 14.9. The fraction of sp³-hybridized carbons (Fsp3) is 0. The number of benzene rings is 3. The predicted octanol–water partition coefficient (Wildman–Crippen LogP) is 4.42. The van der Waals surface area contributed by atoms with Crippen LogP contribution in [0.25, 0.3) is 0 Å². The molecule has 0 aromatic heterocycles. The van der Waals surface area contributed by atoms with Gasteiger partial charge in [-0.3, -0.25) is 0 Å². The maximum Gasteiger partial charge on any atom is 0.335 e. The Morgan fingerprint density at radius 2 is 0.767 bits per heavy atom. The topological polar surface area (TPSA) is 115 Å². The van der Waals surface area contributed by atoms with Gasteiger partial charge in [0.05, 0.1) is 11.1 Å². The first-order chi connectivity index (χ1) is 14.1. The van der Waals surface area contributed by atoms with E-state index in [1.807, 2.05) is 0 Å².